The summed E-state index contributed by atoms with van der Waals surface area (Å²) in [5, 5.41) is 1.24. The molecule has 0 aromatic heterocycles. The summed E-state index contributed by atoms with van der Waals surface area (Å²) in [6.45, 7) is 18.9. The number of benzene rings is 1. The molecule has 1 aromatic rings. The minimum atomic E-state index is 0.297. The van der Waals surface area contributed by atoms with Gasteiger partial charge in [0, 0.05) is 44.7 Å². The molecule has 1 saturated heterocycles. The predicted octanol–water partition coefficient (Wildman–Crippen LogP) is 5.32. The van der Waals surface area contributed by atoms with Gasteiger partial charge in [0.15, 0.2) is 0 Å². The highest BCUT2D eigenvalue weighted by Gasteiger charge is 2.25. The maximum Gasteiger partial charge on any atom is 0.0595 e. The Morgan fingerprint density at radius 1 is 1.04 bits per heavy atom. The molecule has 2 nitrogen and oxygen atoms in total. The van der Waals surface area contributed by atoms with Crippen molar-refractivity contribution >= 4 is 23.2 Å². The minimum absolute atomic E-state index is 0.297. The quantitative estimate of drug-likeness (QED) is 0.627. The van der Waals surface area contributed by atoms with E-state index in [0.29, 0.717) is 27.9 Å². The van der Waals surface area contributed by atoms with Gasteiger partial charge in [0.1, 0.15) is 0 Å². The van der Waals surface area contributed by atoms with Gasteiger partial charge in [-0.1, -0.05) is 55.3 Å². The Bertz CT molecular complexity index is 561. The first kappa shape index (κ1) is 19.8. The van der Waals surface area contributed by atoms with Crippen LogP contribution in [0.1, 0.15) is 39.2 Å². The number of hydrogen-bond acceptors (Lipinski definition) is 2. The Hall–Kier alpha value is -0.540. The molecule has 1 aliphatic rings. The molecule has 0 spiro atoms. The highest BCUT2D eigenvalue weighted by atomic mass is 35.5. The SMILES string of the molecule is C=C(C(C)C)[C@@H](CN1CCN(C(C)C)CC1)c1ccc(Cl)c(Cl)c1. The maximum absolute atomic E-state index is 6.26. The molecule has 1 fully saturated rings. The van der Waals surface area contributed by atoms with Crippen molar-refractivity contribution in [2.45, 2.75) is 39.7 Å². The van der Waals surface area contributed by atoms with Gasteiger partial charge in [-0.3, -0.25) is 9.80 Å². The number of halogens is 2. The van der Waals surface area contributed by atoms with Crippen LogP contribution in [0.25, 0.3) is 0 Å². The molecule has 0 unspecified atom stereocenters. The van der Waals surface area contributed by atoms with E-state index in [1.807, 2.05) is 12.1 Å². The summed E-state index contributed by atoms with van der Waals surface area (Å²) in [4.78, 5) is 5.10. The molecule has 1 heterocycles. The normalized spacial score (nSPS) is 18.3. The van der Waals surface area contributed by atoms with Crippen LogP contribution < -0.4 is 0 Å². The molecule has 0 N–H and O–H groups in total. The third-order valence-electron chi connectivity index (χ3n) is 5.11. The van der Waals surface area contributed by atoms with Gasteiger partial charge in [-0.25, -0.2) is 0 Å². The molecule has 0 aliphatic carbocycles. The van der Waals surface area contributed by atoms with Crippen molar-refractivity contribution in [3.8, 4) is 0 Å². The van der Waals surface area contributed by atoms with Crippen molar-refractivity contribution in [2.75, 3.05) is 32.7 Å². The number of hydrogen-bond donors (Lipinski definition) is 0. The third kappa shape index (κ3) is 4.98. The van der Waals surface area contributed by atoms with E-state index in [9.17, 15) is 0 Å². The standard InChI is InChI=1S/C20H30Cl2N2/c1-14(2)16(5)18(17-6-7-19(21)20(22)12-17)13-23-8-10-24(11-9-23)15(3)4/h6-7,12,14-15,18H,5,8-11,13H2,1-4H3/t18-/m1/s1. The van der Waals surface area contributed by atoms with Crippen LogP contribution in [-0.4, -0.2) is 48.6 Å². The fourth-order valence-electron chi connectivity index (χ4n) is 3.29. The Morgan fingerprint density at radius 2 is 1.67 bits per heavy atom. The molecule has 0 bridgehead atoms. The van der Waals surface area contributed by atoms with Crippen molar-refractivity contribution in [3.05, 3.63) is 46.0 Å². The topological polar surface area (TPSA) is 6.48 Å². The Labute approximate surface area is 157 Å². The van der Waals surface area contributed by atoms with Crippen LogP contribution in [0.5, 0.6) is 0 Å². The monoisotopic (exact) mass is 368 g/mol. The largest absolute Gasteiger partial charge is 0.300 e. The van der Waals surface area contributed by atoms with Crippen molar-refractivity contribution in [1.29, 1.82) is 0 Å². The summed E-state index contributed by atoms with van der Waals surface area (Å²) >= 11 is 12.4. The van der Waals surface area contributed by atoms with E-state index in [1.165, 1.54) is 11.1 Å². The van der Waals surface area contributed by atoms with Gasteiger partial charge < -0.3 is 0 Å². The molecule has 0 amide bonds. The van der Waals surface area contributed by atoms with Crippen LogP contribution in [0.4, 0.5) is 0 Å². The van der Waals surface area contributed by atoms with Gasteiger partial charge in [0.25, 0.3) is 0 Å². The fraction of sp³-hybridized carbons (Fsp3) is 0.600. The highest BCUT2D eigenvalue weighted by molar-refractivity contribution is 6.42. The molecule has 24 heavy (non-hydrogen) atoms. The number of rotatable bonds is 6. The lowest BCUT2D eigenvalue weighted by atomic mass is 9.85. The number of nitrogens with zero attached hydrogens (tertiary/aromatic N) is 2. The molecular formula is C20H30Cl2N2. The fourth-order valence-corrected chi connectivity index (χ4v) is 3.60. The Morgan fingerprint density at radius 3 is 2.17 bits per heavy atom. The summed E-state index contributed by atoms with van der Waals surface area (Å²) < 4.78 is 0. The number of piperazine rings is 1. The summed E-state index contributed by atoms with van der Waals surface area (Å²) in [7, 11) is 0. The lowest BCUT2D eigenvalue weighted by Crippen LogP contribution is -2.49. The molecule has 1 aromatic carbocycles. The first-order chi connectivity index (χ1) is 11.3. The zero-order valence-corrected chi connectivity index (χ0v) is 16.9. The van der Waals surface area contributed by atoms with E-state index < -0.39 is 0 Å². The summed E-state index contributed by atoms with van der Waals surface area (Å²) in [5.41, 5.74) is 2.48. The maximum atomic E-state index is 6.26. The zero-order valence-electron chi connectivity index (χ0n) is 15.4. The van der Waals surface area contributed by atoms with E-state index in [-0.39, 0.29) is 0 Å². The second-order valence-corrected chi connectivity index (χ2v) is 8.20. The highest BCUT2D eigenvalue weighted by Crippen LogP contribution is 2.33. The molecule has 2 rings (SSSR count). The first-order valence-electron chi connectivity index (χ1n) is 8.89. The van der Waals surface area contributed by atoms with Crippen LogP contribution in [0.2, 0.25) is 10.0 Å². The van der Waals surface area contributed by atoms with Crippen LogP contribution in [0, 0.1) is 5.92 Å². The van der Waals surface area contributed by atoms with Gasteiger partial charge >= 0.3 is 0 Å². The molecule has 1 atom stereocenters. The Balaban J connectivity index is 2.13. The second kappa shape index (κ2) is 8.71. The molecule has 0 saturated carbocycles. The van der Waals surface area contributed by atoms with Crippen LogP contribution in [0.3, 0.4) is 0 Å². The van der Waals surface area contributed by atoms with Gasteiger partial charge in [0.05, 0.1) is 10.0 Å². The van der Waals surface area contributed by atoms with E-state index in [1.54, 1.807) is 0 Å². The lowest BCUT2D eigenvalue weighted by molar-refractivity contribution is 0.106. The van der Waals surface area contributed by atoms with Gasteiger partial charge in [-0.05, 0) is 37.5 Å². The van der Waals surface area contributed by atoms with Gasteiger partial charge in [-0.15, -0.1) is 0 Å². The zero-order chi connectivity index (χ0) is 17.9. The van der Waals surface area contributed by atoms with Gasteiger partial charge in [0.2, 0.25) is 0 Å². The van der Waals surface area contributed by atoms with Crippen molar-refractivity contribution in [1.82, 2.24) is 9.80 Å². The summed E-state index contributed by atoms with van der Waals surface area (Å²) in [6, 6.07) is 6.63. The smallest absolute Gasteiger partial charge is 0.0595 e. The average molecular weight is 369 g/mol. The van der Waals surface area contributed by atoms with E-state index in [4.69, 9.17) is 23.2 Å². The second-order valence-electron chi connectivity index (χ2n) is 7.39. The molecule has 0 radical (unpaired) electrons. The molecule has 1 aliphatic heterocycles. The first-order valence-corrected chi connectivity index (χ1v) is 9.65. The van der Waals surface area contributed by atoms with Crippen molar-refractivity contribution in [3.63, 3.8) is 0 Å². The molecular weight excluding hydrogens is 339 g/mol. The minimum Gasteiger partial charge on any atom is -0.300 e. The van der Waals surface area contributed by atoms with Crippen molar-refractivity contribution in [2.24, 2.45) is 5.92 Å². The average Bonchev–Trinajstić information content (AvgIpc) is 2.55. The predicted molar refractivity (Wildman–Crippen MR) is 106 cm³/mol. The van der Waals surface area contributed by atoms with E-state index >= 15 is 0 Å². The summed E-state index contributed by atoms with van der Waals surface area (Å²) in [6.07, 6.45) is 0. The Kier molecular flexibility index (Phi) is 7.18. The van der Waals surface area contributed by atoms with Crippen molar-refractivity contribution < 1.29 is 0 Å². The van der Waals surface area contributed by atoms with Crippen LogP contribution in [0.15, 0.2) is 30.4 Å². The summed E-state index contributed by atoms with van der Waals surface area (Å²) in [5.74, 6) is 0.742. The molecule has 134 valence electrons. The van der Waals surface area contributed by atoms with Crippen LogP contribution >= 0.6 is 23.2 Å². The lowest BCUT2D eigenvalue weighted by Gasteiger charge is -2.39. The molecule has 4 heteroatoms. The van der Waals surface area contributed by atoms with E-state index in [2.05, 4.69) is 50.1 Å². The van der Waals surface area contributed by atoms with Gasteiger partial charge in [-0.2, -0.15) is 0 Å². The van der Waals surface area contributed by atoms with Crippen LogP contribution in [-0.2, 0) is 0 Å². The van der Waals surface area contributed by atoms with E-state index in [0.717, 1.165) is 32.7 Å². The third-order valence-corrected chi connectivity index (χ3v) is 5.85.